The second-order valence-corrected chi connectivity index (χ2v) is 7.37. The molecule has 0 atom stereocenters. The predicted octanol–water partition coefficient (Wildman–Crippen LogP) is 2.50. The van der Waals surface area contributed by atoms with E-state index in [-0.39, 0.29) is 11.6 Å². The van der Waals surface area contributed by atoms with Crippen molar-refractivity contribution in [2.75, 3.05) is 6.54 Å². The smallest absolute Gasteiger partial charge is 0.350 e. The van der Waals surface area contributed by atoms with E-state index < -0.39 is 0 Å². The van der Waals surface area contributed by atoms with Crippen molar-refractivity contribution < 1.29 is 4.79 Å². The lowest BCUT2D eigenvalue weighted by Crippen LogP contribution is -2.32. The number of amides is 1. The van der Waals surface area contributed by atoms with Crippen LogP contribution in [0.5, 0.6) is 0 Å². The predicted molar refractivity (Wildman–Crippen MR) is 104 cm³/mol. The highest BCUT2D eigenvalue weighted by Crippen LogP contribution is 2.39. The summed E-state index contributed by atoms with van der Waals surface area (Å²) in [6.45, 7) is 0.618. The van der Waals surface area contributed by atoms with Crippen LogP contribution in [0.3, 0.4) is 0 Å². The minimum absolute atomic E-state index is 0.179. The number of rotatable bonds is 6. The van der Waals surface area contributed by atoms with Crippen LogP contribution in [0.15, 0.2) is 58.1 Å². The first kappa shape index (κ1) is 17.7. The van der Waals surface area contributed by atoms with Crippen LogP contribution in [0.2, 0.25) is 0 Å². The molecular weight excluding hydrogens is 410 g/mol. The summed E-state index contributed by atoms with van der Waals surface area (Å²) in [5, 5.41) is 7.33. The molecule has 4 rings (SSSR count). The summed E-state index contributed by atoms with van der Waals surface area (Å²) in [6, 6.07) is 11.2. The molecule has 1 amide bonds. The highest BCUT2D eigenvalue weighted by molar-refractivity contribution is 9.10. The Balaban J connectivity index is 1.50. The summed E-state index contributed by atoms with van der Waals surface area (Å²) in [7, 11) is 0. The fraction of sp³-hybridized carbons (Fsp3) is 0.263. The zero-order valence-corrected chi connectivity index (χ0v) is 16.1. The number of hydrogen-bond acceptors (Lipinski definition) is 4. The van der Waals surface area contributed by atoms with Crippen molar-refractivity contribution in [3.05, 3.63) is 75.1 Å². The van der Waals surface area contributed by atoms with Gasteiger partial charge in [-0.1, -0.05) is 18.2 Å². The molecule has 3 aromatic rings. The van der Waals surface area contributed by atoms with Crippen LogP contribution in [0.1, 0.15) is 34.9 Å². The van der Waals surface area contributed by atoms with Crippen LogP contribution >= 0.6 is 15.9 Å². The van der Waals surface area contributed by atoms with E-state index >= 15 is 0 Å². The van der Waals surface area contributed by atoms with Crippen LogP contribution in [0, 0.1) is 0 Å². The molecule has 138 valence electrons. The van der Waals surface area contributed by atoms with Crippen molar-refractivity contribution in [1.82, 2.24) is 24.6 Å². The van der Waals surface area contributed by atoms with Gasteiger partial charge in [0.1, 0.15) is 5.82 Å². The Morgan fingerprint density at radius 2 is 2.00 bits per heavy atom. The SMILES string of the molecule is O=C(NCCn1nc(C2CC2)n(-c2ccccc2)c1=O)c1cncc(Br)c1. The molecule has 7 nitrogen and oxygen atoms in total. The second-order valence-electron chi connectivity index (χ2n) is 6.46. The maximum Gasteiger partial charge on any atom is 0.350 e. The van der Waals surface area contributed by atoms with Gasteiger partial charge in [0.25, 0.3) is 5.91 Å². The van der Waals surface area contributed by atoms with Crippen LogP contribution in [0.4, 0.5) is 0 Å². The molecule has 1 N–H and O–H groups in total. The van der Waals surface area contributed by atoms with Crippen LogP contribution in [0.25, 0.3) is 5.69 Å². The molecule has 2 aromatic heterocycles. The Hall–Kier alpha value is -2.74. The summed E-state index contributed by atoms with van der Waals surface area (Å²) >= 11 is 3.30. The molecule has 0 bridgehead atoms. The molecule has 1 aliphatic rings. The number of aromatic nitrogens is 4. The molecule has 0 saturated heterocycles. The third-order valence-electron chi connectivity index (χ3n) is 4.40. The van der Waals surface area contributed by atoms with E-state index in [1.165, 1.54) is 10.9 Å². The monoisotopic (exact) mass is 427 g/mol. The lowest BCUT2D eigenvalue weighted by atomic mass is 10.3. The summed E-state index contributed by atoms with van der Waals surface area (Å²) in [5.41, 5.74) is 1.10. The maximum atomic E-state index is 12.8. The van der Waals surface area contributed by atoms with E-state index in [0.717, 1.165) is 28.8 Å². The highest BCUT2D eigenvalue weighted by atomic mass is 79.9. The zero-order valence-electron chi connectivity index (χ0n) is 14.5. The highest BCUT2D eigenvalue weighted by Gasteiger charge is 2.31. The third-order valence-corrected chi connectivity index (χ3v) is 4.83. The van der Waals surface area contributed by atoms with E-state index in [9.17, 15) is 9.59 Å². The summed E-state index contributed by atoms with van der Waals surface area (Å²) in [4.78, 5) is 29.0. The minimum atomic E-state index is -0.234. The van der Waals surface area contributed by atoms with Gasteiger partial charge in [-0.2, -0.15) is 5.10 Å². The van der Waals surface area contributed by atoms with Crippen molar-refractivity contribution >= 4 is 21.8 Å². The van der Waals surface area contributed by atoms with Gasteiger partial charge in [-0.25, -0.2) is 14.0 Å². The Labute approximate surface area is 164 Å². The molecule has 1 aromatic carbocycles. The van der Waals surface area contributed by atoms with E-state index in [1.54, 1.807) is 16.8 Å². The lowest BCUT2D eigenvalue weighted by molar-refractivity contribution is 0.0951. The van der Waals surface area contributed by atoms with E-state index in [2.05, 4.69) is 31.3 Å². The van der Waals surface area contributed by atoms with Crippen molar-refractivity contribution in [2.45, 2.75) is 25.3 Å². The Kier molecular flexibility index (Phi) is 4.89. The third kappa shape index (κ3) is 3.85. The van der Waals surface area contributed by atoms with E-state index in [1.807, 2.05) is 30.3 Å². The number of hydrogen-bond donors (Lipinski definition) is 1. The first-order valence-corrected chi connectivity index (χ1v) is 9.56. The van der Waals surface area contributed by atoms with Gasteiger partial charge >= 0.3 is 5.69 Å². The number of para-hydroxylation sites is 1. The largest absolute Gasteiger partial charge is 0.350 e. The fourth-order valence-electron chi connectivity index (χ4n) is 2.91. The van der Waals surface area contributed by atoms with Gasteiger partial charge < -0.3 is 5.32 Å². The summed E-state index contributed by atoms with van der Waals surface area (Å²) < 4.78 is 3.85. The fourth-order valence-corrected chi connectivity index (χ4v) is 3.27. The standard InChI is InChI=1S/C19H18BrN5O2/c20-15-10-14(11-21-12-15)18(26)22-8-9-24-19(27)25(16-4-2-1-3-5-16)17(23-24)13-6-7-13/h1-5,10-13H,6-9H2,(H,22,26). The topological polar surface area (TPSA) is 81.8 Å². The van der Waals surface area contributed by atoms with Crippen LogP contribution < -0.4 is 11.0 Å². The average Bonchev–Trinajstić information content (AvgIpc) is 3.47. The molecule has 27 heavy (non-hydrogen) atoms. The van der Waals surface area contributed by atoms with E-state index in [4.69, 9.17) is 0 Å². The molecule has 1 aliphatic carbocycles. The number of carbonyl (C=O) groups excluding carboxylic acids is 1. The van der Waals surface area contributed by atoms with E-state index in [0.29, 0.717) is 24.6 Å². The normalized spacial score (nSPS) is 13.5. The Morgan fingerprint density at radius 3 is 2.70 bits per heavy atom. The molecule has 0 unspecified atom stereocenters. The second kappa shape index (κ2) is 7.48. The number of nitrogens with one attached hydrogen (secondary N) is 1. The van der Waals surface area contributed by atoms with Gasteiger partial charge in [0, 0.05) is 29.3 Å². The van der Waals surface area contributed by atoms with Gasteiger partial charge in [-0.3, -0.25) is 9.78 Å². The first-order valence-electron chi connectivity index (χ1n) is 8.77. The van der Waals surface area contributed by atoms with Gasteiger partial charge in [0.05, 0.1) is 17.8 Å². The van der Waals surface area contributed by atoms with Gasteiger partial charge in [-0.05, 0) is 47.0 Å². The summed E-state index contributed by atoms with van der Waals surface area (Å²) in [6.07, 6.45) is 5.22. The van der Waals surface area contributed by atoms with Crippen molar-refractivity contribution in [1.29, 1.82) is 0 Å². The quantitative estimate of drug-likeness (QED) is 0.654. The Bertz CT molecular complexity index is 1020. The number of pyridine rings is 1. The molecular formula is C19H18BrN5O2. The maximum absolute atomic E-state index is 12.8. The van der Waals surface area contributed by atoms with Crippen LogP contribution in [-0.4, -0.2) is 31.8 Å². The molecule has 1 saturated carbocycles. The zero-order chi connectivity index (χ0) is 18.8. The molecule has 0 radical (unpaired) electrons. The molecule has 0 spiro atoms. The number of benzene rings is 1. The molecule has 2 heterocycles. The number of halogens is 1. The van der Waals surface area contributed by atoms with Crippen molar-refractivity contribution in [2.24, 2.45) is 0 Å². The van der Waals surface area contributed by atoms with Gasteiger partial charge in [0.15, 0.2) is 0 Å². The van der Waals surface area contributed by atoms with Gasteiger partial charge in [-0.15, -0.1) is 0 Å². The minimum Gasteiger partial charge on any atom is -0.350 e. The average molecular weight is 428 g/mol. The first-order chi connectivity index (χ1) is 13.1. The Morgan fingerprint density at radius 1 is 1.22 bits per heavy atom. The molecule has 1 fully saturated rings. The molecule has 8 heteroatoms. The molecule has 0 aliphatic heterocycles. The van der Waals surface area contributed by atoms with Gasteiger partial charge in [0.2, 0.25) is 0 Å². The van der Waals surface area contributed by atoms with Crippen molar-refractivity contribution in [3.63, 3.8) is 0 Å². The summed E-state index contributed by atoms with van der Waals surface area (Å²) in [5.74, 6) is 0.900. The van der Waals surface area contributed by atoms with Crippen LogP contribution in [-0.2, 0) is 6.54 Å². The number of nitrogens with zero attached hydrogens (tertiary/aromatic N) is 4. The number of carbonyl (C=O) groups is 1. The lowest BCUT2D eigenvalue weighted by Gasteiger charge is -2.05. The van der Waals surface area contributed by atoms with Crippen molar-refractivity contribution in [3.8, 4) is 5.69 Å².